The molecule has 31 heavy (non-hydrogen) atoms. The summed E-state index contributed by atoms with van der Waals surface area (Å²) in [6.07, 6.45) is 10.3. The van der Waals surface area contributed by atoms with E-state index >= 15 is 0 Å². The van der Waals surface area contributed by atoms with Gasteiger partial charge in [0.2, 0.25) is 5.91 Å². The van der Waals surface area contributed by atoms with Crippen molar-refractivity contribution in [1.82, 2.24) is 14.9 Å². The number of rotatable bonds is 4. The van der Waals surface area contributed by atoms with Crippen LogP contribution in [0.5, 0.6) is 0 Å². The van der Waals surface area contributed by atoms with Gasteiger partial charge in [-0.25, -0.2) is 9.97 Å². The first-order valence-electron chi connectivity index (χ1n) is 12.1. The van der Waals surface area contributed by atoms with Crippen LogP contribution in [-0.4, -0.2) is 33.4 Å². The number of benzene rings is 1. The molecule has 5 heteroatoms. The topological polar surface area (TPSA) is 49.3 Å². The molecule has 164 valence electrons. The maximum Gasteiger partial charge on any atom is 0.228 e. The second kappa shape index (κ2) is 8.70. The van der Waals surface area contributed by atoms with Crippen LogP contribution in [0.1, 0.15) is 85.6 Å². The molecule has 2 fully saturated rings. The molecule has 0 radical (unpaired) electrons. The van der Waals surface area contributed by atoms with Crippen LogP contribution >= 0.6 is 0 Å². The SMILES string of the molecule is Cc1ccc(CN2C(=O)CCc3c(C)nc([C@H]4CCCN4C4CCCCC4)nc32)cc1. The van der Waals surface area contributed by atoms with Gasteiger partial charge in [0.15, 0.2) is 0 Å². The van der Waals surface area contributed by atoms with E-state index in [9.17, 15) is 4.79 Å². The predicted molar refractivity (Wildman–Crippen MR) is 123 cm³/mol. The van der Waals surface area contributed by atoms with E-state index in [0.29, 0.717) is 25.0 Å². The fourth-order valence-corrected chi connectivity index (χ4v) is 5.71. The molecular formula is C26H34N4O. The number of likely N-dealkylation sites (tertiary alicyclic amines) is 1. The van der Waals surface area contributed by atoms with Crippen LogP contribution in [0.4, 0.5) is 5.82 Å². The minimum absolute atomic E-state index is 0.174. The number of nitrogens with zero attached hydrogens (tertiary/aromatic N) is 4. The van der Waals surface area contributed by atoms with Gasteiger partial charge in [0.1, 0.15) is 11.6 Å². The smallest absolute Gasteiger partial charge is 0.228 e. The quantitative estimate of drug-likeness (QED) is 0.698. The van der Waals surface area contributed by atoms with Gasteiger partial charge in [0.05, 0.1) is 12.6 Å². The zero-order chi connectivity index (χ0) is 21.4. The van der Waals surface area contributed by atoms with Gasteiger partial charge in [-0.1, -0.05) is 49.1 Å². The summed E-state index contributed by atoms with van der Waals surface area (Å²) in [5.74, 6) is 1.96. The molecule has 1 aliphatic carbocycles. The maximum atomic E-state index is 12.9. The third-order valence-electron chi connectivity index (χ3n) is 7.45. The molecule has 1 aromatic heterocycles. The molecule has 1 aromatic carbocycles. The summed E-state index contributed by atoms with van der Waals surface area (Å²) in [6, 6.07) is 9.43. The van der Waals surface area contributed by atoms with E-state index in [1.54, 1.807) is 0 Å². The van der Waals surface area contributed by atoms with E-state index in [4.69, 9.17) is 9.97 Å². The Hall–Kier alpha value is -2.27. The molecule has 2 aromatic rings. The first kappa shape index (κ1) is 20.6. The molecule has 0 N–H and O–H groups in total. The predicted octanol–water partition coefficient (Wildman–Crippen LogP) is 5.04. The van der Waals surface area contributed by atoms with Crippen LogP contribution in [0.25, 0.3) is 0 Å². The van der Waals surface area contributed by atoms with E-state index in [1.165, 1.54) is 44.1 Å². The van der Waals surface area contributed by atoms with Gasteiger partial charge in [-0.05, 0) is 58.1 Å². The van der Waals surface area contributed by atoms with Crippen LogP contribution < -0.4 is 4.90 Å². The van der Waals surface area contributed by atoms with Gasteiger partial charge in [-0.15, -0.1) is 0 Å². The fourth-order valence-electron chi connectivity index (χ4n) is 5.71. The highest BCUT2D eigenvalue weighted by Gasteiger charge is 2.36. The summed E-state index contributed by atoms with van der Waals surface area (Å²) in [6.45, 7) is 5.93. The van der Waals surface area contributed by atoms with Crippen molar-refractivity contribution in [2.24, 2.45) is 0 Å². The normalized spacial score (nSPS) is 22.7. The van der Waals surface area contributed by atoms with Crippen LogP contribution in [0.3, 0.4) is 0 Å². The highest BCUT2D eigenvalue weighted by molar-refractivity contribution is 5.95. The Labute approximate surface area is 185 Å². The van der Waals surface area contributed by atoms with Crippen LogP contribution in [-0.2, 0) is 17.8 Å². The van der Waals surface area contributed by atoms with Gasteiger partial charge >= 0.3 is 0 Å². The summed E-state index contributed by atoms with van der Waals surface area (Å²) in [5, 5.41) is 0. The molecule has 1 saturated heterocycles. The van der Waals surface area contributed by atoms with Crippen molar-refractivity contribution in [3.05, 3.63) is 52.5 Å². The molecular weight excluding hydrogens is 384 g/mol. The van der Waals surface area contributed by atoms with Gasteiger partial charge in [-0.3, -0.25) is 14.6 Å². The van der Waals surface area contributed by atoms with Gasteiger partial charge in [0, 0.05) is 23.7 Å². The fraction of sp³-hybridized carbons (Fsp3) is 0.577. The van der Waals surface area contributed by atoms with E-state index in [2.05, 4.69) is 43.0 Å². The molecule has 3 aliphatic rings. The lowest BCUT2D eigenvalue weighted by molar-refractivity contribution is -0.119. The number of amides is 1. The van der Waals surface area contributed by atoms with Crippen molar-refractivity contribution in [2.45, 2.75) is 90.3 Å². The molecule has 0 unspecified atom stereocenters. The highest BCUT2D eigenvalue weighted by Crippen LogP contribution is 2.38. The van der Waals surface area contributed by atoms with Crippen LogP contribution in [0.15, 0.2) is 24.3 Å². The summed E-state index contributed by atoms with van der Waals surface area (Å²) < 4.78 is 0. The van der Waals surface area contributed by atoms with Crippen molar-refractivity contribution >= 4 is 11.7 Å². The molecule has 2 aliphatic heterocycles. The third kappa shape index (κ3) is 4.12. The first-order valence-corrected chi connectivity index (χ1v) is 12.1. The number of carbonyl (C=O) groups is 1. The highest BCUT2D eigenvalue weighted by atomic mass is 16.2. The monoisotopic (exact) mass is 418 g/mol. The largest absolute Gasteiger partial charge is 0.292 e. The Morgan fingerprint density at radius 1 is 0.935 bits per heavy atom. The second-order valence-corrected chi connectivity index (χ2v) is 9.62. The standard InChI is InChI=1S/C26H34N4O/c1-18-10-12-20(13-11-18)17-30-24(31)15-14-22-19(2)27-25(28-26(22)30)23-9-6-16-29(23)21-7-4-3-5-8-21/h10-13,21,23H,3-9,14-17H2,1-2H3/t23-/m1/s1. The molecule has 0 bridgehead atoms. The molecule has 0 spiro atoms. The molecule has 1 saturated carbocycles. The molecule has 1 amide bonds. The minimum Gasteiger partial charge on any atom is -0.292 e. The third-order valence-corrected chi connectivity index (χ3v) is 7.45. The van der Waals surface area contributed by atoms with E-state index in [-0.39, 0.29) is 5.91 Å². The average Bonchev–Trinajstić information content (AvgIpc) is 3.28. The van der Waals surface area contributed by atoms with Crippen molar-refractivity contribution in [1.29, 1.82) is 0 Å². The number of hydrogen-bond donors (Lipinski definition) is 0. The lowest BCUT2D eigenvalue weighted by Gasteiger charge is -2.36. The van der Waals surface area contributed by atoms with Gasteiger partial charge in [0.25, 0.3) is 0 Å². The van der Waals surface area contributed by atoms with E-state index < -0.39 is 0 Å². The molecule has 3 heterocycles. The minimum atomic E-state index is 0.174. The summed E-state index contributed by atoms with van der Waals surface area (Å²) in [4.78, 5) is 27.6. The maximum absolute atomic E-state index is 12.9. The van der Waals surface area contributed by atoms with Gasteiger partial charge < -0.3 is 0 Å². The average molecular weight is 419 g/mol. The summed E-state index contributed by atoms with van der Waals surface area (Å²) >= 11 is 0. The Morgan fingerprint density at radius 3 is 2.48 bits per heavy atom. The Balaban J connectivity index is 1.47. The van der Waals surface area contributed by atoms with Crippen molar-refractivity contribution in [3.8, 4) is 0 Å². The van der Waals surface area contributed by atoms with E-state index in [0.717, 1.165) is 47.8 Å². The number of aryl methyl sites for hydroxylation is 2. The molecule has 5 rings (SSSR count). The van der Waals surface area contributed by atoms with Gasteiger partial charge in [-0.2, -0.15) is 0 Å². The summed E-state index contributed by atoms with van der Waals surface area (Å²) in [7, 11) is 0. The molecule has 1 atom stereocenters. The number of fused-ring (bicyclic) bond motifs is 1. The van der Waals surface area contributed by atoms with Crippen molar-refractivity contribution < 1.29 is 4.79 Å². The van der Waals surface area contributed by atoms with E-state index in [1.807, 2.05) is 4.90 Å². The lowest BCUT2D eigenvalue weighted by Crippen LogP contribution is -2.39. The zero-order valence-electron chi connectivity index (χ0n) is 18.9. The van der Waals surface area contributed by atoms with Crippen LogP contribution in [0.2, 0.25) is 0 Å². The molecule has 5 nitrogen and oxygen atoms in total. The number of carbonyl (C=O) groups excluding carboxylic acids is 1. The second-order valence-electron chi connectivity index (χ2n) is 9.62. The lowest BCUT2D eigenvalue weighted by atomic mass is 9.93. The summed E-state index contributed by atoms with van der Waals surface area (Å²) in [5.41, 5.74) is 4.59. The van der Waals surface area contributed by atoms with Crippen LogP contribution in [0, 0.1) is 13.8 Å². The Kier molecular flexibility index (Phi) is 5.79. The van der Waals surface area contributed by atoms with Crippen molar-refractivity contribution in [3.63, 3.8) is 0 Å². The number of hydrogen-bond acceptors (Lipinski definition) is 4. The number of anilines is 1. The van der Waals surface area contributed by atoms with Crippen molar-refractivity contribution in [2.75, 3.05) is 11.4 Å². The Morgan fingerprint density at radius 2 is 1.71 bits per heavy atom. The zero-order valence-corrected chi connectivity index (χ0v) is 18.9. The Bertz CT molecular complexity index is 949. The first-order chi connectivity index (χ1) is 15.1. The number of aromatic nitrogens is 2.